The van der Waals surface area contributed by atoms with Crippen molar-refractivity contribution in [3.8, 4) is 22.5 Å². The molecule has 0 saturated carbocycles. The minimum Gasteiger partial charge on any atom is -0.337 e. The molecule has 31 heavy (non-hydrogen) atoms. The second kappa shape index (κ2) is 9.14. The molecule has 0 saturated heterocycles. The lowest BCUT2D eigenvalue weighted by Crippen LogP contribution is -2.36. The molecule has 1 heterocycles. The second-order valence-corrected chi connectivity index (χ2v) is 7.84. The van der Waals surface area contributed by atoms with Crippen LogP contribution in [0.4, 0.5) is 0 Å². The Labute approximate surface area is 186 Å². The number of carbonyl (C=O) groups is 1. The zero-order valence-corrected chi connectivity index (χ0v) is 18.1. The van der Waals surface area contributed by atoms with E-state index in [4.69, 9.17) is 16.1 Å². The monoisotopic (exact) mass is 431 g/mol. The highest BCUT2D eigenvalue weighted by molar-refractivity contribution is 6.33. The summed E-state index contributed by atoms with van der Waals surface area (Å²) in [5.74, 6) is 0.669. The first-order chi connectivity index (χ1) is 15.0. The lowest BCUT2D eigenvalue weighted by molar-refractivity contribution is 0.0668. The van der Waals surface area contributed by atoms with Crippen molar-refractivity contribution in [3.05, 3.63) is 95.3 Å². The third-order valence-corrected chi connectivity index (χ3v) is 5.34. The van der Waals surface area contributed by atoms with Gasteiger partial charge in [-0.3, -0.25) is 4.79 Å². The highest BCUT2D eigenvalue weighted by Gasteiger charge is 2.24. The van der Waals surface area contributed by atoms with E-state index in [-0.39, 0.29) is 18.5 Å². The van der Waals surface area contributed by atoms with Crippen molar-refractivity contribution in [1.29, 1.82) is 0 Å². The molecule has 5 nitrogen and oxygen atoms in total. The van der Waals surface area contributed by atoms with Gasteiger partial charge in [-0.05, 0) is 43.2 Å². The van der Waals surface area contributed by atoms with Gasteiger partial charge in [-0.2, -0.15) is 4.98 Å². The first kappa shape index (κ1) is 20.8. The maximum atomic E-state index is 13.5. The molecule has 3 aromatic carbocycles. The van der Waals surface area contributed by atoms with E-state index in [0.717, 1.165) is 11.1 Å². The maximum Gasteiger partial charge on any atom is 0.255 e. The van der Waals surface area contributed by atoms with Crippen molar-refractivity contribution in [2.75, 3.05) is 0 Å². The molecule has 0 aliphatic heterocycles. The first-order valence-corrected chi connectivity index (χ1v) is 10.5. The van der Waals surface area contributed by atoms with E-state index in [1.54, 1.807) is 11.0 Å². The van der Waals surface area contributed by atoms with Gasteiger partial charge in [0.05, 0.1) is 5.02 Å². The van der Waals surface area contributed by atoms with Crippen molar-refractivity contribution in [2.24, 2.45) is 0 Å². The highest BCUT2D eigenvalue weighted by atomic mass is 35.5. The number of carbonyl (C=O) groups excluding carboxylic acids is 1. The molecule has 0 fully saturated rings. The van der Waals surface area contributed by atoms with Gasteiger partial charge in [0.1, 0.15) is 6.54 Å². The highest BCUT2D eigenvalue weighted by Crippen LogP contribution is 2.27. The third-order valence-electron chi connectivity index (χ3n) is 5.01. The van der Waals surface area contributed by atoms with E-state index in [9.17, 15) is 4.79 Å². The molecule has 0 spiro atoms. The number of nitrogens with zero attached hydrogens (tertiary/aromatic N) is 3. The SMILES string of the molecule is CC(C)N(Cc1nc(-c2ccccc2Cl)no1)C(=O)c1ccccc1-c1ccccc1. The number of amides is 1. The Kier molecular flexibility index (Phi) is 6.14. The van der Waals surface area contributed by atoms with E-state index in [0.29, 0.717) is 27.9 Å². The second-order valence-electron chi connectivity index (χ2n) is 7.43. The molecule has 0 aliphatic rings. The van der Waals surface area contributed by atoms with Crippen molar-refractivity contribution < 1.29 is 9.32 Å². The van der Waals surface area contributed by atoms with Crippen LogP contribution in [0.1, 0.15) is 30.1 Å². The third kappa shape index (κ3) is 4.52. The van der Waals surface area contributed by atoms with Crippen molar-refractivity contribution in [1.82, 2.24) is 15.0 Å². The Morgan fingerprint density at radius 1 is 0.935 bits per heavy atom. The predicted molar refractivity (Wildman–Crippen MR) is 122 cm³/mol. The summed E-state index contributed by atoms with van der Waals surface area (Å²) in [5, 5.41) is 4.59. The van der Waals surface area contributed by atoms with Crippen molar-refractivity contribution in [3.63, 3.8) is 0 Å². The van der Waals surface area contributed by atoms with Gasteiger partial charge in [0.25, 0.3) is 5.91 Å². The molecular formula is C25H22ClN3O2. The quantitative estimate of drug-likeness (QED) is 0.369. The number of hydrogen-bond donors (Lipinski definition) is 0. The Bertz CT molecular complexity index is 1190. The fraction of sp³-hybridized carbons (Fsp3) is 0.160. The summed E-state index contributed by atoms with van der Waals surface area (Å²) >= 11 is 6.24. The molecule has 0 bridgehead atoms. The molecule has 1 aromatic heterocycles. The fourth-order valence-electron chi connectivity index (χ4n) is 3.40. The molecule has 6 heteroatoms. The summed E-state index contributed by atoms with van der Waals surface area (Å²) in [6.45, 7) is 4.14. The zero-order valence-electron chi connectivity index (χ0n) is 17.3. The normalized spacial score (nSPS) is 11.0. The van der Waals surface area contributed by atoms with Gasteiger partial charge in [-0.15, -0.1) is 0 Å². The van der Waals surface area contributed by atoms with Crippen LogP contribution in [-0.4, -0.2) is 27.0 Å². The van der Waals surface area contributed by atoms with E-state index in [1.807, 2.05) is 86.6 Å². The van der Waals surface area contributed by atoms with Gasteiger partial charge in [0, 0.05) is 17.2 Å². The Hall–Kier alpha value is -3.44. The number of benzene rings is 3. The molecule has 0 radical (unpaired) electrons. The topological polar surface area (TPSA) is 59.2 Å². The number of hydrogen-bond acceptors (Lipinski definition) is 4. The smallest absolute Gasteiger partial charge is 0.255 e. The van der Waals surface area contributed by atoms with E-state index < -0.39 is 0 Å². The van der Waals surface area contributed by atoms with Crippen LogP contribution in [0.15, 0.2) is 83.4 Å². The zero-order chi connectivity index (χ0) is 21.8. The van der Waals surface area contributed by atoms with Crippen LogP contribution in [0.25, 0.3) is 22.5 Å². The molecule has 4 aromatic rings. The molecule has 1 amide bonds. The van der Waals surface area contributed by atoms with Crippen LogP contribution in [-0.2, 0) is 6.54 Å². The minimum atomic E-state index is -0.0908. The molecule has 0 N–H and O–H groups in total. The summed E-state index contributed by atoms with van der Waals surface area (Å²) in [5.41, 5.74) is 3.21. The average Bonchev–Trinajstić information content (AvgIpc) is 3.26. The van der Waals surface area contributed by atoms with Gasteiger partial charge in [-0.25, -0.2) is 0 Å². The Balaban J connectivity index is 1.63. The van der Waals surface area contributed by atoms with Crippen LogP contribution >= 0.6 is 11.6 Å². The molecule has 0 unspecified atom stereocenters. The number of rotatable bonds is 6. The summed E-state index contributed by atoms with van der Waals surface area (Å²) in [6, 6.07) is 24.8. The molecule has 156 valence electrons. The lowest BCUT2D eigenvalue weighted by Gasteiger charge is -2.26. The Morgan fingerprint density at radius 2 is 1.58 bits per heavy atom. The molecule has 0 atom stereocenters. The molecular weight excluding hydrogens is 410 g/mol. The summed E-state index contributed by atoms with van der Waals surface area (Å²) in [6.07, 6.45) is 0. The van der Waals surface area contributed by atoms with Gasteiger partial charge < -0.3 is 9.42 Å². The number of aromatic nitrogens is 2. The van der Waals surface area contributed by atoms with Gasteiger partial charge in [0.2, 0.25) is 11.7 Å². The summed E-state index contributed by atoms with van der Waals surface area (Å²) in [7, 11) is 0. The van der Waals surface area contributed by atoms with Crippen LogP contribution < -0.4 is 0 Å². The van der Waals surface area contributed by atoms with Gasteiger partial charge in [-0.1, -0.05) is 77.4 Å². The van der Waals surface area contributed by atoms with Crippen LogP contribution in [0.3, 0.4) is 0 Å². The minimum absolute atomic E-state index is 0.0630. The van der Waals surface area contributed by atoms with Crippen molar-refractivity contribution >= 4 is 17.5 Å². The van der Waals surface area contributed by atoms with Crippen LogP contribution in [0.2, 0.25) is 5.02 Å². The first-order valence-electron chi connectivity index (χ1n) is 10.1. The lowest BCUT2D eigenvalue weighted by atomic mass is 9.98. The van der Waals surface area contributed by atoms with Gasteiger partial charge in [0.15, 0.2) is 0 Å². The Morgan fingerprint density at radius 3 is 2.29 bits per heavy atom. The standard InChI is InChI=1S/C25H22ClN3O2/c1-17(2)29(16-23-27-24(28-31-23)21-14-8-9-15-22(21)26)25(30)20-13-7-6-12-19(20)18-10-4-3-5-11-18/h3-15,17H,16H2,1-2H3. The van der Waals surface area contributed by atoms with Crippen LogP contribution in [0.5, 0.6) is 0 Å². The van der Waals surface area contributed by atoms with E-state index in [1.165, 1.54) is 0 Å². The summed E-state index contributed by atoms with van der Waals surface area (Å²) in [4.78, 5) is 19.7. The maximum absolute atomic E-state index is 13.5. The average molecular weight is 432 g/mol. The van der Waals surface area contributed by atoms with Gasteiger partial charge >= 0.3 is 0 Å². The van der Waals surface area contributed by atoms with Crippen LogP contribution in [0, 0.1) is 0 Å². The predicted octanol–water partition coefficient (Wildman–Crippen LogP) is 6.11. The van der Waals surface area contributed by atoms with E-state index >= 15 is 0 Å². The number of halogens is 1. The van der Waals surface area contributed by atoms with E-state index in [2.05, 4.69) is 10.1 Å². The molecule has 0 aliphatic carbocycles. The molecule has 4 rings (SSSR count). The van der Waals surface area contributed by atoms with Crippen molar-refractivity contribution in [2.45, 2.75) is 26.4 Å². The summed E-state index contributed by atoms with van der Waals surface area (Å²) < 4.78 is 5.44. The largest absolute Gasteiger partial charge is 0.337 e. The fourth-order valence-corrected chi connectivity index (χ4v) is 3.62.